The zero-order chi connectivity index (χ0) is 27.8. The summed E-state index contributed by atoms with van der Waals surface area (Å²) in [6.07, 6.45) is 12.1. The van der Waals surface area contributed by atoms with Gasteiger partial charge in [-0.15, -0.1) is 0 Å². The molecule has 0 amide bonds. The highest BCUT2D eigenvalue weighted by Gasteiger charge is 2.14. The third-order valence-electron chi connectivity index (χ3n) is 7.27. The van der Waals surface area contributed by atoms with Crippen LogP contribution >= 0.6 is 0 Å². The van der Waals surface area contributed by atoms with E-state index in [2.05, 4.69) is 74.6 Å². The number of hydrogen-bond donors (Lipinski definition) is 2. The Morgan fingerprint density at radius 2 is 1.41 bits per heavy atom. The van der Waals surface area contributed by atoms with E-state index < -0.39 is 5.97 Å². The van der Waals surface area contributed by atoms with Gasteiger partial charge in [0.2, 0.25) is 0 Å². The molecule has 3 aromatic carbocycles. The van der Waals surface area contributed by atoms with Crippen LogP contribution in [0.25, 0.3) is 23.8 Å². The van der Waals surface area contributed by atoms with Crippen molar-refractivity contribution in [2.24, 2.45) is 0 Å². The summed E-state index contributed by atoms with van der Waals surface area (Å²) >= 11 is 0. The fourth-order valence-electron chi connectivity index (χ4n) is 5.04. The van der Waals surface area contributed by atoms with E-state index in [1.807, 2.05) is 24.3 Å². The van der Waals surface area contributed by atoms with Gasteiger partial charge in [0.25, 0.3) is 0 Å². The van der Waals surface area contributed by atoms with E-state index in [-0.39, 0.29) is 5.57 Å². The van der Waals surface area contributed by atoms with E-state index in [0.717, 1.165) is 49.8 Å². The first-order valence-corrected chi connectivity index (χ1v) is 13.8. The molecule has 1 aliphatic rings. The molecule has 4 heteroatoms. The minimum absolute atomic E-state index is 0.271. The second kappa shape index (κ2) is 12.9. The number of anilines is 2. The zero-order valence-electron chi connectivity index (χ0n) is 23.1. The van der Waals surface area contributed by atoms with E-state index in [9.17, 15) is 4.79 Å². The van der Waals surface area contributed by atoms with Gasteiger partial charge in [0.1, 0.15) is 11.6 Å². The number of carbonyl (C=O) groups is 1. The van der Waals surface area contributed by atoms with Gasteiger partial charge in [-0.2, -0.15) is 5.26 Å². The number of nitrogens with one attached hydrogen (secondary N) is 1. The number of fused-ring (bicyclic) bond motifs is 2. The van der Waals surface area contributed by atoms with Crippen LogP contribution in [0.5, 0.6) is 0 Å². The summed E-state index contributed by atoms with van der Waals surface area (Å²) in [6, 6.07) is 22.9. The predicted octanol–water partition coefficient (Wildman–Crippen LogP) is 9.06. The van der Waals surface area contributed by atoms with Gasteiger partial charge in [-0.1, -0.05) is 81.3 Å². The molecular formula is C35H36N2O2. The summed E-state index contributed by atoms with van der Waals surface area (Å²) < 4.78 is 0. The molecule has 0 atom stereocenters. The van der Waals surface area contributed by atoms with Gasteiger partial charge < -0.3 is 10.4 Å². The molecule has 0 fully saturated rings. The van der Waals surface area contributed by atoms with Crippen molar-refractivity contribution in [3.8, 4) is 6.07 Å². The van der Waals surface area contributed by atoms with Crippen molar-refractivity contribution in [2.75, 3.05) is 5.32 Å². The van der Waals surface area contributed by atoms with E-state index in [1.54, 1.807) is 6.07 Å². The Morgan fingerprint density at radius 3 is 1.92 bits per heavy atom. The van der Waals surface area contributed by atoms with Crippen LogP contribution in [0.15, 0.2) is 71.8 Å². The molecule has 2 N–H and O–H groups in total. The molecule has 1 heterocycles. The predicted molar refractivity (Wildman–Crippen MR) is 163 cm³/mol. The third-order valence-corrected chi connectivity index (χ3v) is 7.27. The smallest absolute Gasteiger partial charge is 0.346 e. The lowest BCUT2D eigenvalue weighted by atomic mass is 9.96. The van der Waals surface area contributed by atoms with Gasteiger partial charge >= 0.3 is 5.97 Å². The summed E-state index contributed by atoms with van der Waals surface area (Å²) in [5.74, 6) is -1.21. The lowest BCUT2D eigenvalue weighted by Gasteiger charge is -2.12. The normalized spacial score (nSPS) is 12.9. The van der Waals surface area contributed by atoms with Crippen molar-refractivity contribution in [2.45, 2.75) is 59.3 Å². The number of carboxylic acids is 1. The third kappa shape index (κ3) is 6.94. The Morgan fingerprint density at radius 1 is 0.846 bits per heavy atom. The first-order valence-electron chi connectivity index (χ1n) is 13.8. The van der Waals surface area contributed by atoms with Crippen LogP contribution in [0.2, 0.25) is 0 Å². The fourth-order valence-corrected chi connectivity index (χ4v) is 5.04. The second-order valence-electron chi connectivity index (χ2n) is 9.98. The number of aryl methyl sites for hydroxylation is 2. The van der Waals surface area contributed by atoms with Gasteiger partial charge in [0.05, 0.1) is 0 Å². The molecule has 0 aliphatic carbocycles. The van der Waals surface area contributed by atoms with Crippen LogP contribution in [0.1, 0.15) is 79.8 Å². The van der Waals surface area contributed by atoms with Crippen LogP contribution in [0, 0.1) is 11.3 Å². The second-order valence-corrected chi connectivity index (χ2v) is 9.98. The van der Waals surface area contributed by atoms with Crippen molar-refractivity contribution in [3.05, 3.63) is 105 Å². The maximum absolute atomic E-state index is 11.2. The molecule has 0 bridgehead atoms. The Hall–Kier alpha value is -4.36. The molecular weight excluding hydrogens is 480 g/mol. The number of allylic oxidation sites excluding steroid dienone is 2. The van der Waals surface area contributed by atoms with Crippen molar-refractivity contribution in [1.82, 2.24) is 0 Å². The van der Waals surface area contributed by atoms with Crippen LogP contribution in [0.4, 0.5) is 11.4 Å². The van der Waals surface area contributed by atoms with Gasteiger partial charge in [-0.25, -0.2) is 4.79 Å². The van der Waals surface area contributed by atoms with Crippen LogP contribution < -0.4 is 5.32 Å². The number of nitriles is 1. The van der Waals surface area contributed by atoms with Crippen LogP contribution in [-0.2, 0) is 17.6 Å². The Bertz CT molecular complexity index is 1480. The van der Waals surface area contributed by atoms with Crippen molar-refractivity contribution in [3.63, 3.8) is 0 Å². The number of benzene rings is 3. The van der Waals surface area contributed by atoms with Crippen molar-refractivity contribution < 1.29 is 9.90 Å². The SMILES string of the molecule is CCC/C(=C\c1ccc2c(c1)CCc1cc(C=C(CC)CC)ccc1N2)c1ccc(/C=C(/C#N)C(=O)O)cc1. The first kappa shape index (κ1) is 27.7. The number of nitrogens with zero attached hydrogens (tertiary/aromatic N) is 1. The maximum Gasteiger partial charge on any atom is 0.346 e. The largest absolute Gasteiger partial charge is 0.477 e. The topological polar surface area (TPSA) is 73.1 Å². The highest BCUT2D eigenvalue weighted by Crippen LogP contribution is 2.33. The Balaban J connectivity index is 1.58. The lowest BCUT2D eigenvalue weighted by molar-refractivity contribution is -0.132. The molecule has 0 aromatic heterocycles. The van der Waals surface area contributed by atoms with E-state index >= 15 is 0 Å². The van der Waals surface area contributed by atoms with E-state index in [0.29, 0.717) is 5.56 Å². The van der Waals surface area contributed by atoms with Gasteiger partial charge in [-0.3, -0.25) is 0 Å². The number of aliphatic carboxylic acids is 1. The summed E-state index contributed by atoms with van der Waals surface area (Å²) in [4.78, 5) is 11.2. The molecule has 0 unspecified atom stereocenters. The Kier molecular flexibility index (Phi) is 9.18. The summed E-state index contributed by atoms with van der Waals surface area (Å²) in [6.45, 7) is 6.60. The molecule has 3 aromatic rings. The molecule has 0 spiro atoms. The number of carboxylic acid groups (broad SMARTS) is 1. The summed E-state index contributed by atoms with van der Waals surface area (Å²) in [7, 11) is 0. The quantitative estimate of drug-likeness (QED) is 0.169. The van der Waals surface area contributed by atoms with E-state index in [1.165, 1.54) is 45.2 Å². The zero-order valence-corrected chi connectivity index (χ0v) is 23.1. The van der Waals surface area contributed by atoms with Gasteiger partial charge in [0.15, 0.2) is 0 Å². The molecule has 4 nitrogen and oxygen atoms in total. The first-order chi connectivity index (χ1) is 18.9. The van der Waals surface area contributed by atoms with Gasteiger partial charge in [-0.05, 0) is 101 Å². The van der Waals surface area contributed by atoms with E-state index in [4.69, 9.17) is 10.4 Å². The molecule has 0 radical (unpaired) electrons. The molecule has 198 valence electrons. The standard InChI is InChI=1S/C35H36N2O2/c1-4-7-29(28-12-8-25(9-13-28)19-32(23-36)35(38)39)20-27-11-17-34-31(22-27)15-14-30-21-26(10-16-33(30)37-34)18-24(5-2)6-3/h8-13,16-22,37H,4-7,14-15H2,1-3H3,(H,38,39)/b29-20+,32-19-. The highest BCUT2D eigenvalue weighted by atomic mass is 16.4. The lowest BCUT2D eigenvalue weighted by Crippen LogP contribution is -1.97. The number of hydrogen-bond acceptors (Lipinski definition) is 3. The number of rotatable bonds is 9. The molecule has 0 saturated carbocycles. The average Bonchev–Trinajstić information content (AvgIpc) is 3.13. The van der Waals surface area contributed by atoms with Crippen LogP contribution in [0.3, 0.4) is 0 Å². The van der Waals surface area contributed by atoms with Gasteiger partial charge in [0, 0.05) is 11.4 Å². The fraction of sp³-hybridized carbons (Fsp3) is 0.257. The summed E-state index contributed by atoms with van der Waals surface area (Å²) in [5.41, 5.74) is 11.7. The molecule has 39 heavy (non-hydrogen) atoms. The minimum atomic E-state index is -1.21. The highest BCUT2D eigenvalue weighted by molar-refractivity contribution is 5.96. The van der Waals surface area contributed by atoms with Crippen molar-refractivity contribution in [1.29, 1.82) is 5.26 Å². The van der Waals surface area contributed by atoms with Crippen molar-refractivity contribution >= 4 is 41.1 Å². The van der Waals surface area contributed by atoms with Crippen LogP contribution in [-0.4, -0.2) is 11.1 Å². The molecule has 1 aliphatic heterocycles. The molecule has 0 saturated heterocycles. The molecule has 4 rings (SSSR count). The summed E-state index contributed by atoms with van der Waals surface area (Å²) in [5, 5.41) is 21.8. The Labute approximate surface area is 232 Å². The average molecular weight is 517 g/mol. The maximum atomic E-state index is 11.2. The minimum Gasteiger partial charge on any atom is -0.477 e. The monoisotopic (exact) mass is 516 g/mol.